The van der Waals surface area contributed by atoms with E-state index >= 15 is 0 Å². The van der Waals surface area contributed by atoms with E-state index in [1.54, 1.807) is 6.07 Å². The Kier molecular flexibility index (Phi) is 2.39. The van der Waals surface area contributed by atoms with E-state index in [1.165, 1.54) is 16.2 Å². The molecular weight excluding hydrogens is 282 g/mol. The van der Waals surface area contributed by atoms with Gasteiger partial charge in [-0.05, 0) is 46.5 Å². The lowest BCUT2D eigenvalue weighted by Gasteiger charge is -2.09. The van der Waals surface area contributed by atoms with Crippen molar-refractivity contribution in [3.05, 3.63) is 83.0 Å². The van der Waals surface area contributed by atoms with Crippen molar-refractivity contribution in [2.24, 2.45) is 0 Å². The minimum Gasteiger partial charge on any atom is -0.355 e. The molecule has 23 heavy (non-hydrogen) atoms. The van der Waals surface area contributed by atoms with Gasteiger partial charge in [-0.3, -0.25) is 4.79 Å². The maximum absolute atomic E-state index is 12.1. The number of pyridine rings is 1. The molecule has 2 heteroatoms. The highest BCUT2D eigenvalue weighted by atomic mass is 16.1. The summed E-state index contributed by atoms with van der Waals surface area (Å²) in [4.78, 5) is 15.6. The highest BCUT2D eigenvalue weighted by molar-refractivity contribution is 6.14. The lowest BCUT2D eigenvalue weighted by Crippen LogP contribution is -1.98. The molecule has 0 saturated carbocycles. The van der Waals surface area contributed by atoms with E-state index in [0.717, 1.165) is 27.2 Å². The van der Waals surface area contributed by atoms with E-state index in [-0.39, 0.29) is 5.43 Å². The van der Waals surface area contributed by atoms with Crippen LogP contribution >= 0.6 is 0 Å². The van der Waals surface area contributed by atoms with Gasteiger partial charge < -0.3 is 4.98 Å². The fourth-order valence-corrected chi connectivity index (χ4v) is 3.47. The Morgan fingerprint density at radius 1 is 0.565 bits per heavy atom. The zero-order chi connectivity index (χ0) is 15.4. The fourth-order valence-electron chi connectivity index (χ4n) is 3.47. The van der Waals surface area contributed by atoms with Crippen molar-refractivity contribution in [2.75, 3.05) is 0 Å². The van der Waals surface area contributed by atoms with Crippen molar-refractivity contribution in [3.8, 4) is 0 Å². The molecule has 0 spiro atoms. The largest absolute Gasteiger partial charge is 0.355 e. The Bertz CT molecular complexity index is 1280. The van der Waals surface area contributed by atoms with Crippen molar-refractivity contribution in [1.82, 2.24) is 4.98 Å². The van der Waals surface area contributed by atoms with Crippen LogP contribution in [0.25, 0.3) is 43.4 Å². The van der Waals surface area contributed by atoms with Crippen LogP contribution in [0.3, 0.4) is 0 Å². The van der Waals surface area contributed by atoms with E-state index in [9.17, 15) is 4.79 Å². The van der Waals surface area contributed by atoms with Crippen molar-refractivity contribution in [3.63, 3.8) is 0 Å². The average molecular weight is 295 g/mol. The molecular formula is C21H13NO. The van der Waals surface area contributed by atoms with Crippen LogP contribution in [0, 0.1) is 0 Å². The molecule has 0 fully saturated rings. The van der Waals surface area contributed by atoms with E-state index in [2.05, 4.69) is 47.4 Å². The van der Waals surface area contributed by atoms with E-state index in [0.29, 0.717) is 0 Å². The van der Waals surface area contributed by atoms with Crippen molar-refractivity contribution in [1.29, 1.82) is 0 Å². The first kappa shape index (κ1) is 12.4. The van der Waals surface area contributed by atoms with Gasteiger partial charge in [0.1, 0.15) is 0 Å². The van der Waals surface area contributed by atoms with Crippen molar-refractivity contribution >= 4 is 43.4 Å². The summed E-state index contributed by atoms with van der Waals surface area (Å²) in [6.45, 7) is 0. The summed E-state index contributed by atoms with van der Waals surface area (Å²) >= 11 is 0. The zero-order valence-electron chi connectivity index (χ0n) is 12.3. The maximum atomic E-state index is 12.1. The predicted molar refractivity (Wildman–Crippen MR) is 97.1 cm³/mol. The number of benzene rings is 4. The van der Waals surface area contributed by atoms with Crippen LogP contribution in [0.5, 0.6) is 0 Å². The molecule has 0 bridgehead atoms. The van der Waals surface area contributed by atoms with E-state index in [4.69, 9.17) is 0 Å². The zero-order valence-corrected chi connectivity index (χ0v) is 12.3. The standard InChI is InChI=1S/C21H13NO/c23-21-7-3-6-15-16(21)9-11-20-18(15)12-17-14-5-2-1-4-13(14)8-10-19(17)22-20/h1-12,22H. The maximum Gasteiger partial charge on any atom is 0.186 e. The molecule has 1 N–H and O–H groups in total. The Morgan fingerprint density at radius 3 is 2.22 bits per heavy atom. The lowest BCUT2D eigenvalue weighted by molar-refractivity contribution is 1.51. The number of aromatic amines is 1. The summed E-state index contributed by atoms with van der Waals surface area (Å²) in [6, 6.07) is 24.2. The van der Waals surface area contributed by atoms with Crippen LogP contribution in [0.2, 0.25) is 0 Å². The lowest BCUT2D eigenvalue weighted by atomic mass is 10.00. The van der Waals surface area contributed by atoms with Gasteiger partial charge in [-0.2, -0.15) is 0 Å². The first-order valence-corrected chi connectivity index (χ1v) is 7.67. The number of nitrogens with one attached hydrogen (secondary N) is 1. The summed E-state index contributed by atoms with van der Waals surface area (Å²) in [5, 5.41) is 6.48. The van der Waals surface area contributed by atoms with E-state index < -0.39 is 0 Å². The molecule has 5 rings (SSSR count). The van der Waals surface area contributed by atoms with Crippen LogP contribution in [-0.4, -0.2) is 4.98 Å². The Labute approximate surface area is 132 Å². The smallest absolute Gasteiger partial charge is 0.186 e. The fraction of sp³-hybridized carbons (Fsp3) is 0. The normalized spacial score (nSPS) is 11.7. The highest BCUT2D eigenvalue weighted by Crippen LogP contribution is 2.30. The molecule has 0 unspecified atom stereocenters. The second-order valence-electron chi connectivity index (χ2n) is 5.90. The third kappa shape index (κ3) is 1.72. The topological polar surface area (TPSA) is 32.9 Å². The SMILES string of the molecule is O=c1cccc2c1ccc1[nH]c3ccc4ccccc4c3cc12. The third-order valence-corrected chi connectivity index (χ3v) is 4.59. The molecule has 2 nitrogen and oxygen atoms in total. The van der Waals surface area contributed by atoms with Gasteiger partial charge >= 0.3 is 0 Å². The molecule has 0 radical (unpaired) electrons. The Hall–Kier alpha value is -3.13. The third-order valence-electron chi connectivity index (χ3n) is 4.59. The molecule has 0 aliphatic carbocycles. The highest BCUT2D eigenvalue weighted by Gasteiger charge is 2.07. The molecule has 0 saturated heterocycles. The first-order chi connectivity index (χ1) is 11.3. The predicted octanol–water partition coefficient (Wildman–Crippen LogP) is 4.99. The van der Waals surface area contributed by atoms with Gasteiger partial charge in [-0.25, -0.2) is 0 Å². The van der Waals surface area contributed by atoms with Gasteiger partial charge in [-0.15, -0.1) is 0 Å². The number of hydrogen-bond donors (Lipinski definition) is 1. The summed E-state index contributed by atoms with van der Waals surface area (Å²) in [5.74, 6) is 0. The minimum absolute atomic E-state index is 0.0717. The van der Waals surface area contributed by atoms with Crippen LogP contribution in [0.4, 0.5) is 0 Å². The molecule has 0 atom stereocenters. The van der Waals surface area contributed by atoms with Crippen LogP contribution in [0.15, 0.2) is 77.6 Å². The molecule has 108 valence electrons. The van der Waals surface area contributed by atoms with Gasteiger partial charge in [0.25, 0.3) is 0 Å². The Morgan fingerprint density at radius 2 is 1.30 bits per heavy atom. The summed E-state index contributed by atoms with van der Waals surface area (Å²) in [6.07, 6.45) is 0. The van der Waals surface area contributed by atoms with Crippen molar-refractivity contribution < 1.29 is 0 Å². The summed E-state index contributed by atoms with van der Waals surface area (Å²) in [7, 11) is 0. The molecule has 0 aliphatic heterocycles. The molecule has 5 aromatic rings. The van der Waals surface area contributed by atoms with Gasteiger partial charge in [0.05, 0.1) is 0 Å². The quantitative estimate of drug-likeness (QED) is 0.317. The number of fused-ring (bicyclic) bond motifs is 6. The van der Waals surface area contributed by atoms with Gasteiger partial charge in [-0.1, -0.05) is 42.5 Å². The molecule has 0 aliphatic rings. The van der Waals surface area contributed by atoms with Crippen LogP contribution < -0.4 is 5.43 Å². The summed E-state index contributed by atoms with van der Waals surface area (Å²) in [5.41, 5.74) is 2.22. The van der Waals surface area contributed by atoms with Crippen LogP contribution in [0.1, 0.15) is 0 Å². The number of hydrogen-bond acceptors (Lipinski definition) is 1. The van der Waals surface area contributed by atoms with Gasteiger partial charge in [0.15, 0.2) is 5.43 Å². The minimum atomic E-state index is 0.0717. The number of aromatic nitrogens is 1. The molecule has 1 aromatic heterocycles. The first-order valence-electron chi connectivity index (χ1n) is 7.67. The number of rotatable bonds is 0. The second kappa shape index (κ2) is 4.43. The monoisotopic (exact) mass is 295 g/mol. The van der Waals surface area contributed by atoms with E-state index in [1.807, 2.05) is 24.3 Å². The summed E-state index contributed by atoms with van der Waals surface area (Å²) < 4.78 is 0. The molecule has 0 amide bonds. The Balaban J connectivity index is 2.06. The number of H-pyrrole nitrogens is 1. The second-order valence-corrected chi connectivity index (χ2v) is 5.90. The van der Waals surface area contributed by atoms with Gasteiger partial charge in [0.2, 0.25) is 0 Å². The molecule has 4 aromatic carbocycles. The van der Waals surface area contributed by atoms with Crippen molar-refractivity contribution in [2.45, 2.75) is 0 Å². The van der Waals surface area contributed by atoms with Crippen LogP contribution in [-0.2, 0) is 0 Å². The average Bonchev–Trinajstić information content (AvgIpc) is 2.60. The molecule has 1 heterocycles. The van der Waals surface area contributed by atoms with Gasteiger partial charge in [0, 0.05) is 27.2 Å².